The second-order valence-electron chi connectivity index (χ2n) is 3.97. The van der Waals surface area contributed by atoms with Gasteiger partial charge in [0, 0.05) is 18.7 Å². The first-order valence-corrected chi connectivity index (χ1v) is 5.53. The molecule has 1 aliphatic heterocycles. The quantitative estimate of drug-likeness (QED) is 0.715. The molecule has 0 radical (unpaired) electrons. The van der Waals surface area contributed by atoms with Crippen molar-refractivity contribution in [3.05, 3.63) is 29.3 Å². The van der Waals surface area contributed by atoms with E-state index in [9.17, 15) is 13.2 Å². The average Bonchev–Trinajstić information content (AvgIpc) is 2.38. The Morgan fingerprint density at radius 2 is 1.89 bits per heavy atom. The Hall–Kier alpha value is -1.67. The summed E-state index contributed by atoms with van der Waals surface area (Å²) in [4.78, 5) is 1.83. The molecule has 2 nitrogen and oxygen atoms in total. The molecule has 1 saturated heterocycles. The van der Waals surface area contributed by atoms with E-state index in [1.165, 1.54) is 6.07 Å². The Labute approximate surface area is 103 Å². The van der Waals surface area contributed by atoms with Crippen LogP contribution in [0, 0.1) is 12.3 Å². The summed E-state index contributed by atoms with van der Waals surface area (Å²) in [6, 6.07) is 3.47. The van der Waals surface area contributed by atoms with Crippen molar-refractivity contribution in [3.8, 4) is 12.3 Å². The van der Waals surface area contributed by atoms with Crippen molar-refractivity contribution < 1.29 is 17.9 Å². The van der Waals surface area contributed by atoms with Crippen molar-refractivity contribution in [2.75, 3.05) is 31.2 Å². The van der Waals surface area contributed by atoms with E-state index in [2.05, 4.69) is 5.92 Å². The second kappa shape index (κ2) is 4.91. The van der Waals surface area contributed by atoms with E-state index in [1.54, 1.807) is 0 Å². The van der Waals surface area contributed by atoms with Crippen molar-refractivity contribution in [2.45, 2.75) is 6.18 Å². The first-order chi connectivity index (χ1) is 8.52. The van der Waals surface area contributed by atoms with E-state index in [1.807, 2.05) is 4.90 Å². The molecule has 1 aliphatic rings. The van der Waals surface area contributed by atoms with Gasteiger partial charge in [-0.3, -0.25) is 0 Å². The van der Waals surface area contributed by atoms with E-state index < -0.39 is 11.7 Å². The average molecular weight is 255 g/mol. The van der Waals surface area contributed by atoms with E-state index in [4.69, 9.17) is 11.2 Å². The number of rotatable bonds is 1. The zero-order valence-electron chi connectivity index (χ0n) is 9.63. The standard InChI is InChI=1S/C13H12F3NO/c1-2-10-3-4-11(13(14,15)16)9-12(10)17-5-7-18-8-6-17/h1,3-4,9H,5-8H2. The maximum atomic E-state index is 12.7. The number of alkyl halides is 3. The number of hydrogen-bond donors (Lipinski definition) is 0. The van der Waals surface area contributed by atoms with Gasteiger partial charge in [-0.15, -0.1) is 6.42 Å². The lowest BCUT2D eigenvalue weighted by atomic mass is 10.1. The molecule has 1 aromatic carbocycles. The van der Waals surface area contributed by atoms with Gasteiger partial charge in [-0.05, 0) is 18.2 Å². The number of anilines is 1. The highest BCUT2D eigenvalue weighted by molar-refractivity contribution is 5.62. The summed E-state index contributed by atoms with van der Waals surface area (Å²) >= 11 is 0. The van der Waals surface area contributed by atoms with Crippen molar-refractivity contribution in [3.63, 3.8) is 0 Å². The third kappa shape index (κ3) is 2.59. The van der Waals surface area contributed by atoms with Crippen LogP contribution < -0.4 is 4.90 Å². The summed E-state index contributed by atoms with van der Waals surface area (Å²) in [5.74, 6) is 2.42. The number of morpholine rings is 1. The first-order valence-electron chi connectivity index (χ1n) is 5.53. The van der Waals surface area contributed by atoms with Gasteiger partial charge in [0.15, 0.2) is 0 Å². The van der Waals surface area contributed by atoms with E-state index in [-0.39, 0.29) is 0 Å². The topological polar surface area (TPSA) is 12.5 Å². The minimum Gasteiger partial charge on any atom is -0.378 e. The normalized spacial score (nSPS) is 16.4. The largest absolute Gasteiger partial charge is 0.416 e. The summed E-state index contributed by atoms with van der Waals surface area (Å²) < 4.78 is 43.2. The van der Waals surface area contributed by atoms with Crippen molar-refractivity contribution >= 4 is 5.69 Å². The summed E-state index contributed by atoms with van der Waals surface area (Å²) in [6.45, 7) is 2.10. The fourth-order valence-electron chi connectivity index (χ4n) is 1.90. The van der Waals surface area contributed by atoms with Crippen LogP contribution >= 0.6 is 0 Å². The molecular weight excluding hydrogens is 243 g/mol. The van der Waals surface area contributed by atoms with Crippen LogP contribution in [-0.4, -0.2) is 26.3 Å². The van der Waals surface area contributed by atoms with Crippen LogP contribution in [0.4, 0.5) is 18.9 Å². The number of hydrogen-bond acceptors (Lipinski definition) is 2. The van der Waals surface area contributed by atoms with Gasteiger partial charge in [0.05, 0.1) is 24.5 Å². The minimum atomic E-state index is -4.35. The lowest BCUT2D eigenvalue weighted by Crippen LogP contribution is -2.36. The predicted molar refractivity (Wildman–Crippen MR) is 62.4 cm³/mol. The molecule has 0 bridgehead atoms. The zero-order chi connectivity index (χ0) is 13.2. The number of benzene rings is 1. The molecule has 1 heterocycles. The Bertz CT molecular complexity index is 470. The summed E-state index contributed by atoms with van der Waals surface area (Å²) in [5.41, 5.74) is 0.253. The maximum absolute atomic E-state index is 12.7. The molecule has 0 unspecified atom stereocenters. The molecule has 18 heavy (non-hydrogen) atoms. The molecule has 0 aromatic heterocycles. The Balaban J connectivity index is 2.39. The zero-order valence-corrected chi connectivity index (χ0v) is 9.63. The van der Waals surface area contributed by atoms with E-state index in [0.717, 1.165) is 12.1 Å². The van der Waals surface area contributed by atoms with Gasteiger partial charge in [-0.1, -0.05) is 5.92 Å². The molecule has 96 valence electrons. The van der Waals surface area contributed by atoms with Gasteiger partial charge in [0.2, 0.25) is 0 Å². The number of halogens is 3. The van der Waals surface area contributed by atoms with Gasteiger partial charge in [0.25, 0.3) is 0 Å². The maximum Gasteiger partial charge on any atom is 0.416 e. The van der Waals surface area contributed by atoms with Crippen LogP contribution in [0.25, 0.3) is 0 Å². The first kappa shape index (κ1) is 12.8. The van der Waals surface area contributed by atoms with Gasteiger partial charge in [-0.25, -0.2) is 0 Å². The van der Waals surface area contributed by atoms with Crippen molar-refractivity contribution in [1.82, 2.24) is 0 Å². The highest BCUT2D eigenvalue weighted by Crippen LogP contribution is 2.33. The van der Waals surface area contributed by atoms with Crippen LogP contribution in [0.3, 0.4) is 0 Å². The van der Waals surface area contributed by atoms with Gasteiger partial charge < -0.3 is 9.64 Å². The Kier molecular flexibility index (Phi) is 3.48. The Morgan fingerprint density at radius 1 is 1.22 bits per heavy atom. The second-order valence-corrected chi connectivity index (χ2v) is 3.97. The molecule has 5 heteroatoms. The fraction of sp³-hybridized carbons (Fsp3) is 0.385. The van der Waals surface area contributed by atoms with Gasteiger partial charge >= 0.3 is 6.18 Å². The SMILES string of the molecule is C#Cc1ccc(C(F)(F)F)cc1N1CCOCC1. The van der Waals surface area contributed by atoms with Crippen LogP contribution in [0.2, 0.25) is 0 Å². The van der Waals surface area contributed by atoms with Crippen molar-refractivity contribution in [2.24, 2.45) is 0 Å². The Morgan fingerprint density at radius 3 is 2.44 bits per heavy atom. The summed E-state index contributed by atoms with van der Waals surface area (Å²) in [5, 5.41) is 0. The molecule has 0 N–H and O–H groups in total. The lowest BCUT2D eigenvalue weighted by molar-refractivity contribution is -0.137. The van der Waals surface area contributed by atoms with Gasteiger partial charge in [0.1, 0.15) is 0 Å². The summed E-state index contributed by atoms with van der Waals surface area (Å²) in [6.07, 6.45) is 0.974. The molecule has 0 atom stereocenters. The highest BCUT2D eigenvalue weighted by atomic mass is 19.4. The molecule has 0 spiro atoms. The van der Waals surface area contributed by atoms with Crippen LogP contribution in [0.1, 0.15) is 11.1 Å². The number of nitrogens with zero attached hydrogens (tertiary/aromatic N) is 1. The molecule has 2 rings (SSSR count). The molecule has 0 amide bonds. The molecule has 1 aromatic rings. The molecule has 0 aliphatic carbocycles. The third-order valence-electron chi connectivity index (χ3n) is 2.83. The van der Waals surface area contributed by atoms with Crippen LogP contribution in [0.15, 0.2) is 18.2 Å². The summed E-state index contributed by atoms with van der Waals surface area (Å²) in [7, 11) is 0. The smallest absolute Gasteiger partial charge is 0.378 e. The molecular formula is C13H12F3NO. The molecule has 0 saturated carbocycles. The minimum absolute atomic E-state index is 0.454. The van der Waals surface area contributed by atoms with E-state index >= 15 is 0 Å². The van der Waals surface area contributed by atoms with Crippen LogP contribution in [0.5, 0.6) is 0 Å². The van der Waals surface area contributed by atoms with Gasteiger partial charge in [-0.2, -0.15) is 13.2 Å². The van der Waals surface area contributed by atoms with Crippen molar-refractivity contribution in [1.29, 1.82) is 0 Å². The number of terminal acetylenes is 1. The number of ether oxygens (including phenoxy) is 1. The molecule has 1 fully saturated rings. The lowest BCUT2D eigenvalue weighted by Gasteiger charge is -2.30. The fourth-order valence-corrected chi connectivity index (χ4v) is 1.90. The van der Waals surface area contributed by atoms with Crippen LogP contribution in [-0.2, 0) is 10.9 Å². The predicted octanol–water partition coefficient (Wildman–Crippen LogP) is 2.52. The highest BCUT2D eigenvalue weighted by Gasteiger charge is 2.31. The third-order valence-corrected chi connectivity index (χ3v) is 2.83. The van der Waals surface area contributed by atoms with E-state index in [0.29, 0.717) is 37.6 Å². The monoisotopic (exact) mass is 255 g/mol.